The van der Waals surface area contributed by atoms with E-state index >= 15 is 4.39 Å². The number of phenols is 1. The van der Waals surface area contributed by atoms with Crippen LogP contribution in [0.5, 0.6) is 5.75 Å². The van der Waals surface area contributed by atoms with Gasteiger partial charge in [0.15, 0.2) is 5.67 Å². The van der Waals surface area contributed by atoms with Gasteiger partial charge in [0, 0.05) is 0 Å². The van der Waals surface area contributed by atoms with Gasteiger partial charge in [0.25, 0.3) is 0 Å². The van der Waals surface area contributed by atoms with Gasteiger partial charge in [-0.3, -0.25) is 0 Å². The van der Waals surface area contributed by atoms with Crippen LogP contribution in [0.2, 0.25) is 0 Å². The van der Waals surface area contributed by atoms with Gasteiger partial charge in [0.05, 0.1) is 11.8 Å². The number of aromatic hydroxyl groups is 1. The second kappa shape index (κ2) is 6.32. The number of sulfonamides is 1. The molecule has 2 N–H and O–H groups in total. The van der Waals surface area contributed by atoms with Gasteiger partial charge in [-0.2, -0.15) is 0 Å². The summed E-state index contributed by atoms with van der Waals surface area (Å²) in [5, 5.41) is 9.33. The maximum absolute atomic E-state index is 15.5. The first-order valence-corrected chi connectivity index (χ1v) is 9.01. The minimum absolute atomic E-state index is 0.00909. The summed E-state index contributed by atoms with van der Waals surface area (Å²) in [5.41, 5.74) is -1.29. The lowest BCUT2D eigenvalue weighted by Crippen LogP contribution is -2.50. The highest BCUT2D eigenvalue weighted by molar-refractivity contribution is 7.89. The minimum atomic E-state index is -3.46. The number of hydrogen-bond acceptors (Lipinski definition) is 3. The Morgan fingerprint density at radius 3 is 2.62 bits per heavy atom. The molecule has 2 unspecified atom stereocenters. The van der Waals surface area contributed by atoms with E-state index in [2.05, 4.69) is 4.72 Å². The molecular weight excluding hydrogens is 293 g/mol. The second-order valence-electron chi connectivity index (χ2n) is 5.64. The zero-order valence-electron chi connectivity index (χ0n) is 12.2. The number of halogens is 1. The van der Waals surface area contributed by atoms with Crippen LogP contribution in [0.1, 0.15) is 44.6 Å². The van der Waals surface area contributed by atoms with Crippen molar-refractivity contribution in [2.24, 2.45) is 0 Å². The highest BCUT2D eigenvalue weighted by Crippen LogP contribution is 2.41. The summed E-state index contributed by atoms with van der Waals surface area (Å²) in [6.45, 7) is 1.78. The summed E-state index contributed by atoms with van der Waals surface area (Å²) < 4.78 is 41.9. The predicted octanol–water partition coefficient (Wildman–Crippen LogP) is 2.83. The average molecular weight is 315 g/mol. The van der Waals surface area contributed by atoms with Gasteiger partial charge in [0.2, 0.25) is 10.0 Å². The summed E-state index contributed by atoms with van der Waals surface area (Å²) >= 11 is 0. The van der Waals surface area contributed by atoms with Crippen molar-refractivity contribution in [3.8, 4) is 5.75 Å². The Morgan fingerprint density at radius 2 is 2.00 bits per heavy atom. The lowest BCUT2D eigenvalue weighted by Gasteiger charge is -2.38. The monoisotopic (exact) mass is 315 g/mol. The van der Waals surface area contributed by atoms with Crippen molar-refractivity contribution >= 4 is 10.0 Å². The molecule has 1 aliphatic rings. The molecule has 0 spiro atoms. The summed E-state index contributed by atoms with van der Waals surface area (Å²) in [6, 6.07) is 5.18. The second-order valence-corrected chi connectivity index (χ2v) is 7.52. The van der Waals surface area contributed by atoms with Crippen molar-refractivity contribution in [2.75, 3.05) is 5.75 Å². The first kappa shape index (κ1) is 16.2. The van der Waals surface area contributed by atoms with Gasteiger partial charge in [-0.05, 0) is 43.4 Å². The normalized spacial score (nSPS) is 26.7. The quantitative estimate of drug-likeness (QED) is 0.878. The largest absolute Gasteiger partial charge is 0.508 e. The highest BCUT2D eigenvalue weighted by atomic mass is 32.2. The molecule has 1 aliphatic carbocycles. The van der Waals surface area contributed by atoms with E-state index in [0.717, 1.165) is 12.8 Å². The van der Waals surface area contributed by atoms with Crippen LogP contribution in [-0.2, 0) is 15.7 Å². The Balaban J connectivity index is 2.27. The van der Waals surface area contributed by atoms with Crippen LogP contribution < -0.4 is 4.72 Å². The van der Waals surface area contributed by atoms with Crippen LogP contribution in [0.15, 0.2) is 24.3 Å². The first-order valence-electron chi connectivity index (χ1n) is 7.36. The predicted molar refractivity (Wildman–Crippen MR) is 80.4 cm³/mol. The summed E-state index contributed by atoms with van der Waals surface area (Å²) in [5.74, 6) is 0.0797. The Hall–Kier alpha value is -1.14. The van der Waals surface area contributed by atoms with Gasteiger partial charge in [-0.1, -0.05) is 25.5 Å². The molecule has 21 heavy (non-hydrogen) atoms. The highest BCUT2D eigenvalue weighted by Gasteiger charge is 2.44. The molecule has 0 heterocycles. The molecule has 6 heteroatoms. The molecule has 1 fully saturated rings. The van der Waals surface area contributed by atoms with E-state index in [0.29, 0.717) is 18.4 Å². The molecule has 0 aliphatic heterocycles. The van der Waals surface area contributed by atoms with Gasteiger partial charge in [0.1, 0.15) is 5.75 Å². The third-order valence-electron chi connectivity index (χ3n) is 3.98. The molecular formula is C15H22FNO3S. The van der Waals surface area contributed by atoms with Crippen LogP contribution in [0, 0.1) is 0 Å². The van der Waals surface area contributed by atoms with E-state index in [4.69, 9.17) is 0 Å². The van der Waals surface area contributed by atoms with Crippen LogP contribution >= 0.6 is 0 Å². The Morgan fingerprint density at radius 1 is 1.33 bits per heavy atom. The van der Waals surface area contributed by atoms with Crippen molar-refractivity contribution in [3.63, 3.8) is 0 Å². The van der Waals surface area contributed by atoms with Crippen LogP contribution in [0.4, 0.5) is 4.39 Å². The average Bonchev–Trinajstić information content (AvgIpc) is 2.42. The zero-order chi connectivity index (χ0) is 15.5. The van der Waals surface area contributed by atoms with E-state index in [1.165, 1.54) is 24.3 Å². The fraction of sp³-hybridized carbons (Fsp3) is 0.600. The van der Waals surface area contributed by atoms with Gasteiger partial charge in [-0.15, -0.1) is 0 Å². The molecule has 0 saturated heterocycles. The van der Waals surface area contributed by atoms with E-state index in [9.17, 15) is 13.5 Å². The van der Waals surface area contributed by atoms with E-state index in [1.807, 2.05) is 0 Å². The number of rotatable bonds is 5. The third kappa shape index (κ3) is 3.74. The van der Waals surface area contributed by atoms with Gasteiger partial charge < -0.3 is 5.11 Å². The summed E-state index contributed by atoms with van der Waals surface area (Å²) in [6.07, 6.45) is 2.81. The van der Waals surface area contributed by atoms with Crippen LogP contribution in [0.3, 0.4) is 0 Å². The molecule has 4 nitrogen and oxygen atoms in total. The number of alkyl halides is 1. The molecule has 1 saturated carbocycles. The SMILES string of the molecule is CCCS(=O)(=O)NC1CCCCC1(F)c1ccc(O)cc1. The fourth-order valence-electron chi connectivity index (χ4n) is 2.91. The number of nitrogens with one attached hydrogen (secondary N) is 1. The fourth-order valence-corrected chi connectivity index (χ4v) is 4.31. The molecule has 1 aromatic rings. The summed E-state index contributed by atoms with van der Waals surface area (Å²) in [7, 11) is -3.46. The topological polar surface area (TPSA) is 66.4 Å². The van der Waals surface area contributed by atoms with Crippen molar-refractivity contribution < 1.29 is 17.9 Å². The molecule has 1 aromatic carbocycles. The van der Waals surface area contributed by atoms with Crippen molar-refractivity contribution in [1.82, 2.24) is 4.72 Å². The minimum Gasteiger partial charge on any atom is -0.508 e. The third-order valence-corrected chi connectivity index (χ3v) is 5.57. The standard InChI is InChI=1S/C15H22FNO3S/c1-2-11-21(19,20)17-14-5-3-4-10-15(14,16)12-6-8-13(18)9-7-12/h6-9,14,17-18H,2-5,10-11H2,1H3. The lowest BCUT2D eigenvalue weighted by atomic mass is 9.77. The Kier molecular flexibility index (Phi) is 4.88. The Bertz CT molecular complexity index is 573. The number of benzene rings is 1. The molecule has 0 aromatic heterocycles. The van der Waals surface area contributed by atoms with Gasteiger partial charge >= 0.3 is 0 Å². The molecule has 2 rings (SSSR count). The maximum Gasteiger partial charge on any atom is 0.211 e. The molecule has 2 atom stereocenters. The van der Waals surface area contributed by atoms with Crippen molar-refractivity contribution in [1.29, 1.82) is 0 Å². The van der Waals surface area contributed by atoms with E-state index in [-0.39, 0.29) is 17.9 Å². The zero-order valence-corrected chi connectivity index (χ0v) is 13.0. The van der Waals surface area contributed by atoms with E-state index in [1.54, 1.807) is 6.92 Å². The molecule has 118 valence electrons. The van der Waals surface area contributed by atoms with Gasteiger partial charge in [-0.25, -0.2) is 17.5 Å². The number of hydrogen-bond donors (Lipinski definition) is 2. The van der Waals surface area contributed by atoms with Crippen LogP contribution in [0.25, 0.3) is 0 Å². The van der Waals surface area contributed by atoms with Crippen LogP contribution in [-0.4, -0.2) is 25.3 Å². The van der Waals surface area contributed by atoms with Crippen molar-refractivity contribution in [2.45, 2.75) is 50.7 Å². The number of phenolic OH excluding ortho intramolecular Hbond substituents is 1. The lowest BCUT2D eigenvalue weighted by molar-refractivity contribution is 0.0713. The van der Waals surface area contributed by atoms with Crippen molar-refractivity contribution in [3.05, 3.63) is 29.8 Å². The Labute approximate surface area is 125 Å². The molecule has 0 amide bonds. The molecule has 0 radical (unpaired) electrons. The first-order chi connectivity index (χ1) is 9.87. The molecule has 0 bridgehead atoms. The smallest absolute Gasteiger partial charge is 0.211 e. The maximum atomic E-state index is 15.5. The summed E-state index contributed by atoms with van der Waals surface area (Å²) in [4.78, 5) is 0. The van der Waals surface area contributed by atoms with E-state index < -0.39 is 21.7 Å².